The van der Waals surface area contributed by atoms with Crippen LogP contribution >= 0.6 is 0 Å². The molecule has 3 aromatic rings. The molecule has 3 rings (SSSR count). The molecule has 1 aromatic heterocycles. The normalized spacial score (nSPS) is 12.7. The fourth-order valence-electron chi connectivity index (χ4n) is 3.18. The van der Waals surface area contributed by atoms with Gasteiger partial charge in [-0.05, 0) is 36.6 Å². The number of carbonyl (C=O) groups is 2. The third-order valence-electron chi connectivity index (χ3n) is 4.91. The summed E-state index contributed by atoms with van der Waals surface area (Å²) in [7, 11) is 0. The molecule has 0 fully saturated rings. The maximum atomic E-state index is 12.8. The maximum Gasteiger partial charge on any atom is 0.287 e. The Bertz CT molecular complexity index is 927. The molecule has 0 spiro atoms. The number of amides is 2. The smallest absolute Gasteiger partial charge is 0.287 e. The molecule has 2 atom stereocenters. The molecular formula is C25H28N2O4. The van der Waals surface area contributed by atoms with Crippen LogP contribution in [0, 0.1) is 0 Å². The van der Waals surface area contributed by atoms with Gasteiger partial charge in [0.05, 0.1) is 12.4 Å². The van der Waals surface area contributed by atoms with E-state index in [1.165, 1.54) is 6.26 Å². The van der Waals surface area contributed by atoms with Crippen molar-refractivity contribution in [1.82, 2.24) is 10.6 Å². The molecule has 0 radical (unpaired) electrons. The standard InChI is InChI=1S/C25H28N2O4/c1-19(21-12-6-3-7-13-21)30-17-9-15-26-24(28)22(18-20-10-4-2-5-11-20)27-25(29)23-14-8-16-31-23/h2-8,10-14,16,19,22H,9,15,17-18H2,1H3,(H,26,28)(H,27,29). The minimum absolute atomic E-state index is 0.00434. The second-order valence-electron chi connectivity index (χ2n) is 7.26. The van der Waals surface area contributed by atoms with Gasteiger partial charge >= 0.3 is 0 Å². The number of hydrogen-bond acceptors (Lipinski definition) is 4. The Morgan fingerprint density at radius 3 is 2.35 bits per heavy atom. The summed E-state index contributed by atoms with van der Waals surface area (Å²) in [6, 6.07) is 22.1. The summed E-state index contributed by atoms with van der Waals surface area (Å²) in [5, 5.41) is 5.68. The molecular weight excluding hydrogens is 392 g/mol. The van der Waals surface area contributed by atoms with E-state index in [0.717, 1.165) is 11.1 Å². The van der Waals surface area contributed by atoms with Gasteiger partial charge in [-0.15, -0.1) is 0 Å². The van der Waals surface area contributed by atoms with E-state index in [2.05, 4.69) is 10.6 Å². The minimum atomic E-state index is -0.704. The van der Waals surface area contributed by atoms with Gasteiger partial charge in [0.25, 0.3) is 5.91 Å². The van der Waals surface area contributed by atoms with E-state index in [9.17, 15) is 9.59 Å². The number of rotatable bonds is 11. The van der Waals surface area contributed by atoms with Gasteiger partial charge in [0.15, 0.2) is 5.76 Å². The van der Waals surface area contributed by atoms with Gasteiger partial charge in [0.2, 0.25) is 5.91 Å². The molecule has 31 heavy (non-hydrogen) atoms. The van der Waals surface area contributed by atoms with Crippen LogP contribution in [0.4, 0.5) is 0 Å². The molecule has 6 nitrogen and oxygen atoms in total. The summed E-state index contributed by atoms with van der Waals surface area (Å²) in [6.45, 7) is 2.99. The molecule has 0 aliphatic carbocycles. The molecule has 1 heterocycles. The molecule has 162 valence electrons. The van der Waals surface area contributed by atoms with E-state index in [-0.39, 0.29) is 17.8 Å². The van der Waals surface area contributed by atoms with Crippen LogP contribution in [0.3, 0.4) is 0 Å². The first kappa shape index (κ1) is 22.3. The Balaban J connectivity index is 1.48. The van der Waals surface area contributed by atoms with Gasteiger partial charge in [-0.25, -0.2) is 0 Å². The summed E-state index contributed by atoms with van der Waals surface area (Å²) < 4.78 is 11.0. The molecule has 6 heteroatoms. The summed E-state index contributed by atoms with van der Waals surface area (Å²) in [4.78, 5) is 25.2. The van der Waals surface area contributed by atoms with Crippen LogP contribution in [0.5, 0.6) is 0 Å². The first-order valence-corrected chi connectivity index (χ1v) is 10.5. The first-order valence-electron chi connectivity index (χ1n) is 10.5. The summed E-state index contributed by atoms with van der Waals surface area (Å²) in [5.41, 5.74) is 2.08. The van der Waals surface area contributed by atoms with E-state index in [1.54, 1.807) is 12.1 Å². The number of benzene rings is 2. The lowest BCUT2D eigenvalue weighted by atomic mass is 10.0. The molecule has 2 aromatic carbocycles. The van der Waals surface area contributed by atoms with Gasteiger partial charge in [-0.2, -0.15) is 0 Å². The number of carbonyl (C=O) groups excluding carboxylic acids is 2. The van der Waals surface area contributed by atoms with Gasteiger partial charge in [-0.1, -0.05) is 60.7 Å². The van der Waals surface area contributed by atoms with Crippen molar-refractivity contribution < 1.29 is 18.7 Å². The summed E-state index contributed by atoms with van der Waals surface area (Å²) in [5.74, 6) is -0.477. The zero-order valence-corrected chi connectivity index (χ0v) is 17.6. The van der Waals surface area contributed by atoms with Crippen molar-refractivity contribution >= 4 is 11.8 Å². The highest BCUT2D eigenvalue weighted by Gasteiger charge is 2.22. The second-order valence-corrected chi connectivity index (χ2v) is 7.26. The predicted molar refractivity (Wildman–Crippen MR) is 119 cm³/mol. The highest BCUT2D eigenvalue weighted by atomic mass is 16.5. The van der Waals surface area contributed by atoms with Crippen LogP contribution in [-0.4, -0.2) is 31.0 Å². The van der Waals surface area contributed by atoms with Gasteiger partial charge in [0.1, 0.15) is 6.04 Å². The monoisotopic (exact) mass is 420 g/mol. The number of nitrogens with one attached hydrogen (secondary N) is 2. The van der Waals surface area contributed by atoms with Crippen LogP contribution in [-0.2, 0) is 16.0 Å². The number of ether oxygens (including phenoxy) is 1. The SMILES string of the molecule is CC(OCCCNC(=O)C(Cc1ccccc1)NC(=O)c1ccco1)c1ccccc1. The zero-order valence-electron chi connectivity index (χ0n) is 17.6. The molecule has 0 saturated carbocycles. The highest BCUT2D eigenvalue weighted by molar-refractivity contribution is 5.95. The summed E-state index contributed by atoms with van der Waals surface area (Å²) in [6.07, 6.45) is 2.49. The Kier molecular flexibility index (Phi) is 8.43. The Labute approximate surface area is 182 Å². The van der Waals surface area contributed by atoms with Crippen LogP contribution in [0.25, 0.3) is 0 Å². The zero-order chi connectivity index (χ0) is 21.9. The van der Waals surface area contributed by atoms with E-state index < -0.39 is 11.9 Å². The molecule has 0 aliphatic rings. The van der Waals surface area contributed by atoms with Crippen LogP contribution in [0.2, 0.25) is 0 Å². The van der Waals surface area contributed by atoms with Crippen LogP contribution in [0.1, 0.15) is 41.1 Å². The van der Waals surface area contributed by atoms with Crippen molar-refractivity contribution in [1.29, 1.82) is 0 Å². The molecule has 0 aliphatic heterocycles. The van der Waals surface area contributed by atoms with E-state index in [0.29, 0.717) is 26.0 Å². The topological polar surface area (TPSA) is 80.6 Å². The average Bonchev–Trinajstić information content (AvgIpc) is 3.34. The highest BCUT2D eigenvalue weighted by Crippen LogP contribution is 2.15. The second kappa shape index (κ2) is 11.7. The van der Waals surface area contributed by atoms with Gasteiger partial charge in [-0.3, -0.25) is 9.59 Å². The lowest BCUT2D eigenvalue weighted by molar-refractivity contribution is -0.123. The predicted octanol–water partition coefficient (Wildman–Crippen LogP) is 3.90. The lowest BCUT2D eigenvalue weighted by Gasteiger charge is -2.18. The van der Waals surface area contributed by atoms with Crippen molar-refractivity contribution in [2.45, 2.75) is 31.9 Å². The van der Waals surface area contributed by atoms with Crippen molar-refractivity contribution in [2.75, 3.05) is 13.2 Å². The first-order chi connectivity index (χ1) is 15.1. The molecule has 2 N–H and O–H groups in total. The van der Waals surface area contributed by atoms with E-state index >= 15 is 0 Å². The minimum Gasteiger partial charge on any atom is -0.459 e. The summed E-state index contributed by atoms with van der Waals surface area (Å²) >= 11 is 0. The van der Waals surface area contributed by atoms with Crippen molar-refractivity contribution in [2.24, 2.45) is 0 Å². The van der Waals surface area contributed by atoms with Gasteiger partial charge in [0, 0.05) is 19.6 Å². The van der Waals surface area contributed by atoms with Gasteiger partial charge < -0.3 is 19.8 Å². The molecule has 0 saturated heterocycles. The fraction of sp³-hybridized carbons (Fsp3) is 0.280. The third kappa shape index (κ3) is 7.12. The van der Waals surface area contributed by atoms with Crippen molar-refractivity contribution in [3.63, 3.8) is 0 Å². The van der Waals surface area contributed by atoms with Crippen molar-refractivity contribution in [3.8, 4) is 0 Å². The lowest BCUT2D eigenvalue weighted by Crippen LogP contribution is -2.48. The Morgan fingerprint density at radius 2 is 1.68 bits per heavy atom. The average molecular weight is 421 g/mol. The van der Waals surface area contributed by atoms with Crippen LogP contribution in [0.15, 0.2) is 83.5 Å². The fourth-order valence-corrected chi connectivity index (χ4v) is 3.18. The molecule has 0 bridgehead atoms. The van der Waals surface area contributed by atoms with Crippen molar-refractivity contribution in [3.05, 3.63) is 95.9 Å². The largest absolute Gasteiger partial charge is 0.459 e. The maximum absolute atomic E-state index is 12.8. The van der Waals surface area contributed by atoms with Crippen LogP contribution < -0.4 is 10.6 Å². The quantitative estimate of drug-likeness (QED) is 0.461. The third-order valence-corrected chi connectivity index (χ3v) is 4.91. The number of hydrogen-bond donors (Lipinski definition) is 2. The number of furan rings is 1. The molecule has 2 unspecified atom stereocenters. The molecule has 2 amide bonds. The van der Waals surface area contributed by atoms with E-state index in [4.69, 9.17) is 9.15 Å². The van der Waals surface area contributed by atoms with E-state index in [1.807, 2.05) is 67.6 Å². The Morgan fingerprint density at radius 1 is 0.968 bits per heavy atom. The Hall–Kier alpha value is -3.38.